The maximum Gasteiger partial charge on any atom is 0.239 e. The van der Waals surface area contributed by atoms with Crippen LogP contribution in [-0.4, -0.2) is 48.0 Å². The molecule has 0 fully saturated rings. The number of ether oxygens (including phenoxy) is 1. The lowest BCUT2D eigenvalue weighted by Gasteiger charge is -2.20. The Morgan fingerprint density at radius 3 is 2.34 bits per heavy atom. The third kappa shape index (κ3) is 6.49. The first-order chi connectivity index (χ1) is 16.9. The van der Waals surface area contributed by atoms with Crippen molar-refractivity contribution in [2.75, 3.05) is 37.4 Å². The SMILES string of the molecule is CCN(CC(=O)Nc1cccc(OC)c1)CC(=O)Nc1c(C#N)c(C)c(C)n1Cc1ccccc1. The van der Waals surface area contributed by atoms with Gasteiger partial charge < -0.3 is 19.9 Å². The van der Waals surface area contributed by atoms with Crippen molar-refractivity contribution in [1.29, 1.82) is 5.26 Å². The van der Waals surface area contributed by atoms with Crippen LogP contribution in [0.4, 0.5) is 11.5 Å². The van der Waals surface area contributed by atoms with Gasteiger partial charge in [0.15, 0.2) is 0 Å². The summed E-state index contributed by atoms with van der Waals surface area (Å²) in [5.74, 6) is 0.606. The van der Waals surface area contributed by atoms with Crippen LogP contribution >= 0.6 is 0 Å². The number of likely N-dealkylation sites (N-methyl/N-ethyl adjacent to an activating group) is 1. The van der Waals surface area contributed by atoms with E-state index in [2.05, 4.69) is 16.7 Å². The van der Waals surface area contributed by atoms with Gasteiger partial charge in [-0.1, -0.05) is 43.3 Å². The Balaban J connectivity index is 1.70. The van der Waals surface area contributed by atoms with E-state index < -0.39 is 0 Å². The number of aromatic nitrogens is 1. The summed E-state index contributed by atoms with van der Waals surface area (Å²) in [5.41, 5.74) is 3.90. The molecule has 8 nitrogen and oxygen atoms in total. The van der Waals surface area contributed by atoms with Gasteiger partial charge in [-0.2, -0.15) is 5.26 Å². The number of benzene rings is 2. The standard InChI is InChI=1S/C27H31N5O3/c1-5-31(17-25(33)29-22-12-9-13-23(14-22)35-4)18-26(34)30-27-24(15-28)19(2)20(3)32(27)16-21-10-7-6-8-11-21/h6-14H,5,16-18H2,1-4H3,(H,29,33)(H,30,34). The van der Waals surface area contributed by atoms with Crippen LogP contribution in [0.3, 0.4) is 0 Å². The molecule has 2 N–H and O–H groups in total. The predicted octanol–water partition coefficient (Wildman–Crippen LogP) is 3.93. The van der Waals surface area contributed by atoms with Gasteiger partial charge in [-0.05, 0) is 43.7 Å². The van der Waals surface area contributed by atoms with Gasteiger partial charge in [0.2, 0.25) is 11.8 Å². The Morgan fingerprint density at radius 2 is 1.71 bits per heavy atom. The molecule has 0 atom stereocenters. The number of amides is 2. The summed E-state index contributed by atoms with van der Waals surface area (Å²) in [6.45, 7) is 6.82. The second kappa shape index (κ2) is 11.9. The Kier molecular flexibility index (Phi) is 8.65. The summed E-state index contributed by atoms with van der Waals surface area (Å²) in [5, 5.41) is 15.5. The number of nitrogens with zero attached hydrogens (tertiary/aromatic N) is 3. The van der Waals surface area contributed by atoms with Crippen molar-refractivity contribution in [1.82, 2.24) is 9.47 Å². The zero-order valence-electron chi connectivity index (χ0n) is 20.6. The van der Waals surface area contributed by atoms with Crippen molar-refractivity contribution in [2.45, 2.75) is 27.3 Å². The van der Waals surface area contributed by atoms with Crippen molar-refractivity contribution in [3.8, 4) is 11.8 Å². The third-order valence-electron chi connectivity index (χ3n) is 5.92. The van der Waals surface area contributed by atoms with Gasteiger partial charge in [-0.3, -0.25) is 14.5 Å². The quantitative estimate of drug-likeness (QED) is 0.465. The fourth-order valence-corrected chi connectivity index (χ4v) is 3.85. The first-order valence-electron chi connectivity index (χ1n) is 11.5. The van der Waals surface area contributed by atoms with E-state index in [-0.39, 0.29) is 24.9 Å². The molecule has 0 unspecified atom stereocenters. The van der Waals surface area contributed by atoms with E-state index >= 15 is 0 Å². The summed E-state index contributed by atoms with van der Waals surface area (Å²) >= 11 is 0. The number of methoxy groups -OCH3 is 1. The van der Waals surface area contributed by atoms with E-state index in [1.807, 2.05) is 55.7 Å². The predicted molar refractivity (Wildman–Crippen MR) is 137 cm³/mol. The Bertz CT molecular complexity index is 1230. The zero-order valence-corrected chi connectivity index (χ0v) is 20.6. The number of hydrogen-bond acceptors (Lipinski definition) is 5. The fourth-order valence-electron chi connectivity index (χ4n) is 3.85. The minimum atomic E-state index is -0.288. The topological polar surface area (TPSA) is 99.4 Å². The van der Waals surface area contributed by atoms with Gasteiger partial charge in [-0.15, -0.1) is 0 Å². The van der Waals surface area contributed by atoms with Crippen molar-refractivity contribution >= 4 is 23.3 Å². The molecule has 1 heterocycles. The molecule has 35 heavy (non-hydrogen) atoms. The van der Waals surface area contributed by atoms with Gasteiger partial charge in [-0.25, -0.2) is 0 Å². The van der Waals surface area contributed by atoms with Crippen LogP contribution in [0.25, 0.3) is 0 Å². The van der Waals surface area contributed by atoms with Gasteiger partial charge in [0, 0.05) is 24.0 Å². The summed E-state index contributed by atoms with van der Waals surface area (Å²) < 4.78 is 7.14. The third-order valence-corrected chi connectivity index (χ3v) is 5.92. The summed E-state index contributed by atoms with van der Waals surface area (Å²) in [7, 11) is 1.56. The highest BCUT2D eigenvalue weighted by Crippen LogP contribution is 2.27. The van der Waals surface area contributed by atoms with E-state index in [1.54, 1.807) is 36.3 Å². The number of hydrogen-bond donors (Lipinski definition) is 2. The van der Waals surface area contributed by atoms with E-state index in [1.165, 1.54) is 0 Å². The molecule has 182 valence electrons. The molecule has 0 saturated carbocycles. The molecule has 0 radical (unpaired) electrons. The van der Waals surface area contributed by atoms with Crippen LogP contribution in [0.2, 0.25) is 0 Å². The highest BCUT2D eigenvalue weighted by molar-refractivity contribution is 5.95. The molecule has 0 spiro atoms. The number of carbonyl (C=O) groups is 2. The maximum atomic E-state index is 13.0. The molecular formula is C27H31N5O3. The largest absolute Gasteiger partial charge is 0.497 e. The van der Waals surface area contributed by atoms with E-state index in [9.17, 15) is 14.9 Å². The zero-order chi connectivity index (χ0) is 25.4. The molecule has 3 rings (SSSR count). The average Bonchev–Trinajstić information content (AvgIpc) is 3.07. The fraction of sp³-hybridized carbons (Fsp3) is 0.296. The van der Waals surface area contributed by atoms with E-state index in [0.717, 1.165) is 16.8 Å². The van der Waals surface area contributed by atoms with E-state index in [0.29, 0.717) is 35.9 Å². The highest BCUT2D eigenvalue weighted by atomic mass is 16.5. The van der Waals surface area contributed by atoms with Crippen LogP contribution in [0.15, 0.2) is 54.6 Å². The first-order valence-corrected chi connectivity index (χ1v) is 11.5. The van der Waals surface area contributed by atoms with Crippen molar-refractivity contribution in [3.63, 3.8) is 0 Å². The number of rotatable bonds is 10. The Labute approximate surface area is 206 Å². The van der Waals surface area contributed by atoms with Gasteiger partial charge in [0.1, 0.15) is 17.6 Å². The summed E-state index contributed by atoms with van der Waals surface area (Å²) in [6, 6.07) is 19.2. The summed E-state index contributed by atoms with van der Waals surface area (Å²) in [6.07, 6.45) is 0. The molecule has 2 aromatic carbocycles. The molecular weight excluding hydrogens is 442 g/mol. The maximum absolute atomic E-state index is 13.0. The van der Waals surface area contributed by atoms with Crippen LogP contribution in [0, 0.1) is 25.2 Å². The monoisotopic (exact) mass is 473 g/mol. The lowest BCUT2D eigenvalue weighted by atomic mass is 10.2. The second-order valence-corrected chi connectivity index (χ2v) is 8.25. The van der Waals surface area contributed by atoms with Crippen LogP contribution in [0.5, 0.6) is 5.75 Å². The van der Waals surface area contributed by atoms with Crippen molar-refractivity contribution in [3.05, 3.63) is 77.0 Å². The molecule has 0 bridgehead atoms. The molecule has 0 aliphatic rings. The van der Waals surface area contributed by atoms with Crippen LogP contribution in [0.1, 0.15) is 29.3 Å². The first kappa shape index (κ1) is 25.5. The second-order valence-electron chi connectivity index (χ2n) is 8.25. The molecule has 0 aliphatic carbocycles. The lowest BCUT2D eigenvalue weighted by Crippen LogP contribution is -2.39. The molecule has 0 aliphatic heterocycles. The normalized spacial score (nSPS) is 10.6. The number of nitriles is 1. The molecule has 1 aromatic heterocycles. The summed E-state index contributed by atoms with van der Waals surface area (Å²) in [4.78, 5) is 27.3. The molecule has 3 aromatic rings. The average molecular weight is 474 g/mol. The minimum absolute atomic E-state index is 0.0154. The van der Waals surface area contributed by atoms with Crippen molar-refractivity contribution in [2.24, 2.45) is 0 Å². The van der Waals surface area contributed by atoms with E-state index in [4.69, 9.17) is 4.74 Å². The number of nitrogens with one attached hydrogen (secondary N) is 2. The highest BCUT2D eigenvalue weighted by Gasteiger charge is 2.21. The van der Waals surface area contributed by atoms with Crippen molar-refractivity contribution < 1.29 is 14.3 Å². The van der Waals surface area contributed by atoms with Crippen LogP contribution < -0.4 is 15.4 Å². The van der Waals surface area contributed by atoms with Gasteiger partial charge in [0.25, 0.3) is 0 Å². The van der Waals surface area contributed by atoms with Gasteiger partial charge >= 0.3 is 0 Å². The molecule has 2 amide bonds. The smallest absolute Gasteiger partial charge is 0.239 e. The molecule has 0 saturated heterocycles. The van der Waals surface area contributed by atoms with Gasteiger partial charge in [0.05, 0.1) is 25.8 Å². The lowest BCUT2D eigenvalue weighted by molar-refractivity contribution is -0.119. The number of carbonyl (C=O) groups excluding carboxylic acids is 2. The molecule has 8 heteroatoms. The number of anilines is 2. The van der Waals surface area contributed by atoms with Crippen LogP contribution in [-0.2, 0) is 16.1 Å². The minimum Gasteiger partial charge on any atom is -0.497 e. The Hall–Kier alpha value is -4.09. The Morgan fingerprint density at radius 1 is 1.03 bits per heavy atom.